The van der Waals surface area contributed by atoms with E-state index in [9.17, 15) is 9.59 Å². The third-order valence-electron chi connectivity index (χ3n) is 7.43. The summed E-state index contributed by atoms with van der Waals surface area (Å²) in [6.45, 7) is 6.59. The lowest BCUT2D eigenvalue weighted by atomic mass is 9.68. The number of methoxy groups -OCH3 is 1. The quantitative estimate of drug-likeness (QED) is 0.326. The zero-order valence-corrected chi connectivity index (χ0v) is 23.5. The maximum Gasteiger partial charge on any atom is 0.337 e. The van der Waals surface area contributed by atoms with Gasteiger partial charge in [-0.25, -0.2) is 4.79 Å². The third-order valence-corrected chi connectivity index (χ3v) is 7.43. The molecule has 0 amide bonds. The molecule has 5 rings (SSSR count). The van der Waals surface area contributed by atoms with Gasteiger partial charge in [0.2, 0.25) is 0 Å². The summed E-state index contributed by atoms with van der Waals surface area (Å²) in [5, 5.41) is 3.39. The smallest absolute Gasteiger partial charge is 0.337 e. The van der Waals surface area contributed by atoms with Crippen LogP contribution < -0.4 is 14.8 Å². The van der Waals surface area contributed by atoms with E-state index in [0.29, 0.717) is 47.8 Å². The summed E-state index contributed by atoms with van der Waals surface area (Å²) in [4.78, 5) is 27.3. The summed E-state index contributed by atoms with van der Waals surface area (Å²) >= 11 is 0. The number of hydrogen-bond donors (Lipinski definition) is 1. The first-order valence-corrected chi connectivity index (χ1v) is 13.6. The minimum Gasteiger partial charge on any atom is -0.493 e. The SMILES string of the molecule is COc1cc(C2C(C(=O)OCc3ccccc3)=C(C)NC3=C2C(=O)CC(C)(C)C3)ccc1OCc1ccccc1. The van der Waals surface area contributed by atoms with Crippen molar-refractivity contribution in [3.63, 3.8) is 0 Å². The fraction of sp³-hybridized carbons (Fsp3) is 0.294. The highest BCUT2D eigenvalue weighted by molar-refractivity contribution is 6.04. The molecule has 0 spiro atoms. The standard InChI is InChI=1S/C34H35NO5/c1-22-30(33(37)40-21-24-13-9-6-10-14-24)31(32-26(35-22)18-34(2,3)19-27(32)36)25-15-16-28(29(17-25)38-4)39-20-23-11-7-5-8-12-23/h5-17,31,35H,18-21H2,1-4H3. The molecule has 0 radical (unpaired) electrons. The number of ketones is 1. The van der Waals surface area contributed by atoms with Gasteiger partial charge in [-0.2, -0.15) is 0 Å². The van der Waals surface area contributed by atoms with Gasteiger partial charge in [0.25, 0.3) is 0 Å². The molecule has 0 aromatic heterocycles. The first-order valence-electron chi connectivity index (χ1n) is 13.6. The molecule has 6 heteroatoms. The van der Waals surface area contributed by atoms with Crippen molar-refractivity contribution in [1.29, 1.82) is 0 Å². The van der Waals surface area contributed by atoms with E-state index in [1.165, 1.54) is 0 Å². The molecule has 0 bridgehead atoms. The zero-order chi connectivity index (χ0) is 28.3. The van der Waals surface area contributed by atoms with Crippen molar-refractivity contribution >= 4 is 11.8 Å². The van der Waals surface area contributed by atoms with Crippen molar-refractivity contribution in [3.8, 4) is 11.5 Å². The number of esters is 1. The van der Waals surface area contributed by atoms with Gasteiger partial charge in [0.05, 0.1) is 12.7 Å². The van der Waals surface area contributed by atoms with E-state index in [-0.39, 0.29) is 17.8 Å². The molecule has 3 aromatic carbocycles. The first-order chi connectivity index (χ1) is 19.3. The number of rotatable bonds is 8. The van der Waals surface area contributed by atoms with Gasteiger partial charge in [-0.05, 0) is 47.6 Å². The highest BCUT2D eigenvalue weighted by Crippen LogP contribution is 2.48. The fourth-order valence-corrected chi connectivity index (χ4v) is 5.56. The second kappa shape index (κ2) is 11.4. The van der Waals surface area contributed by atoms with Gasteiger partial charge >= 0.3 is 5.97 Å². The Labute approximate surface area is 235 Å². The molecule has 206 valence electrons. The van der Waals surface area contributed by atoms with Crippen molar-refractivity contribution in [2.45, 2.75) is 52.7 Å². The first kappa shape index (κ1) is 27.3. The number of carbonyl (C=O) groups excluding carboxylic acids is 2. The molecule has 1 heterocycles. The van der Waals surface area contributed by atoms with Crippen molar-refractivity contribution in [2.24, 2.45) is 5.41 Å². The lowest BCUT2D eigenvalue weighted by Crippen LogP contribution is -2.38. The van der Waals surface area contributed by atoms with Crippen molar-refractivity contribution in [1.82, 2.24) is 5.32 Å². The predicted octanol–water partition coefficient (Wildman–Crippen LogP) is 6.62. The summed E-state index contributed by atoms with van der Waals surface area (Å²) in [6.07, 6.45) is 1.12. The Bertz CT molecular complexity index is 1470. The minimum absolute atomic E-state index is 0.0352. The highest BCUT2D eigenvalue weighted by Gasteiger charge is 2.43. The molecule has 1 unspecified atom stereocenters. The Morgan fingerprint density at radius 1 is 0.900 bits per heavy atom. The van der Waals surface area contributed by atoms with Gasteiger partial charge in [0, 0.05) is 29.3 Å². The van der Waals surface area contributed by atoms with E-state index in [0.717, 1.165) is 22.4 Å². The second-order valence-corrected chi connectivity index (χ2v) is 11.2. The van der Waals surface area contributed by atoms with Crippen LogP contribution in [0.2, 0.25) is 0 Å². The molecule has 0 saturated carbocycles. The van der Waals surface area contributed by atoms with Crippen LogP contribution in [0.3, 0.4) is 0 Å². The molecule has 3 aromatic rings. The van der Waals surface area contributed by atoms with Gasteiger partial charge in [-0.1, -0.05) is 80.6 Å². The van der Waals surface area contributed by atoms with Crippen LogP contribution in [0, 0.1) is 5.41 Å². The number of nitrogens with one attached hydrogen (secondary N) is 1. The number of benzene rings is 3. The molecule has 1 aliphatic carbocycles. The summed E-state index contributed by atoms with van der Waals surface area (Å²) in [5.41, 5.74) is 5.15. The maximum atomic E-state index is 13.6. The van der Waals surface area contributed by atoms with Crippen LogP contribution in [0.15, 0.2) is 101 Å². The van der Waals surface area contributed by atoms with Crippen LogP contribution in [0.4, 0.5) is 0 Å². The van der Waals surface area contributed by atoms with Crippen molar-refractivity contribution in [3.05, 3.63) is 118 Å². The summed E-state index contributed by atoms with van der Waals surface area (Å²) in [5.74, 6) is 0.121. The van der Waals surface area contributed by atoms with Gasteiger partial charge in [0.15, 0.2) is 17.3 Å². The zero-order valence-electron chi connectivity index (χ0n) is 23.5. The van der Waals surface area contributed by atoms with Crippen LogP contribution in [-0.4, -0.2) is 18.9 Å². The monoisotopic (exact) mass is 537 g/mol. The molecule has 0 saturated heterocycles. The fourth-order valence-electron chi connectivity index (χ4n) is 5.56. The van der Waals surface area contributed by atoms with E-state index in [1.807, 2.05) is 85.8 Å². The lowest BCUT2D eigenvalue weighted by molar-refractivity contribution is -0.140. The Kier molecular flexibility index (Phi) is 7.78. The Morgan fingerprint density at radius 2 is 1.55 bits per heavy atom. The minimum atomic E-state index is -0.583. The molecular formula is C34H35NO5. The average Bonchev–Trinajstić information content (AvgIpc) is 2.94. The molecule has 2 aliphatic rings. The molecule has 1 aliphatic heterocycles. The van der Waals surface area contributed by atoms with Crippen LogP contribution in [0.25, 0.3) is 0 Å². The van der Waals surface area contributed by atoms with E-state index in [1.54, 1.807) is 7.11 Å². The lowest BCUT2D eigenvalue weighted by Gasteiger charge is -2.39. The summed E-state index contributed by atoms with van der Waals surface area (Å²) in [6, 6.07) is 25.1. The molecular weight excluding hydrogens is 502 g/mol. The van der Waals surface area contributed by atoms with Crippen molar-refractivity contribution in [2.75, 3.05) is 7.11 Å². The molecule has 1 N–H and O–H groups in total. The number of dihydropyridines is 1. The third kappa shape index (κ3) is 5.81. The summed E-state index contributed by atoms with van der Waals surface area (Å²) in [7, 11) is 1.59. The van der Waals surface area contributed by atoms with Crippen LogP contribution >= 0.6 is 0 Å². The van der Waals surface area contributed by atoms with Crippen LogP contribution in [0.1, 0.15) is 56.2 Å². The van der Waals surface area contributed by atoms with Gasteiger partial charge in [-0.3, -0.25) is 4.79 Å². The normalized spacial score (nSPS) is 18.1. The van der Waals surface area contributed by atoms with Gasteiger partial charge in [0.1, 0.15) is 13.2 Å². The number of allylic oxidation sites excluding steroid dienone is 3. The Morgan fingerprint density at radius 3 is 2.20 bits per heavy atom. The second-order valence-electron chi connectivity index (χ2n) is 11.2. The average molecular weight is 538 g/mol. The largest absolute Gasteiger partial charge is 0.493 e. The van der Waals surface area contributed by atoms with Gasteiger partial charge < -0.3 is 19.5 Å². The van der Waals surface area contributed by atoms with Crippen LogP contribution in [-0.2, 0) is 27.5 Å². The van der Waals surface area contributed by atoms with E-state index < -0.39 is 11.9 Å². The number of carbonyl (C=O) groups is 2. The number of Topliss-reactive ketones (excluding diaryl/α,β-unsaturated/α-hetero) is 1. The Hall–Kier alpha value is -4.32. The summed E-state index contributed by atoms with van der Waals surface area (Å²) < 4.78 is 17.6. The van der Waals surface area contributed by atoms with E-state index in [2.05, 4.69) is 19.2 Å². The Balaban J connectivity index is 1.51. The molecule has 1 atom stereocenters. The molecule has 6 nitrogen and oxygen atoms in total. The predicted molar refractivity (Wildman–Crippen MR) is 154 cm³/mol. The molecule has 0 fully saturated rings. The number of hydrogen-bond acceptors (Lipinski definition) is 6. The maximum absolute atomic E-state index is 13.6. The van der Waals surface area contributed by atoms with Crippen molar-refractivity contribution < 1.29 is 23.8 Å². The van der Waals surface area contributed by atoms with Crippen LogP contribution in [0.5, 0.6) is 11.5 Å². The van der Waals surface area contributed by atoms with Gasteiger partial charge in [-0.15, -0.1) is 0 Å². The highest BCUT2D eigenvalue weighted by atomic mass is 16.5. The topological polar surface area (TPSA) is 73.9 Å². The van der Waals surface area contributed by atoms with E-state index >= 15 is 0 Å². The molecule has 40 heavy (non-hydrogen) atoms. The van der Waals surface area contributed by atoms with E-state index in [4.69, 9.17) is 14.2 Å². The number of ether oxygens (including phenoxy) is 3.